The van der Waals surface area contributed by atoms with Crippen LogP contribution in [0.1, 0.15) is 37.4 Å². The predicted molar refractivity (Wildman–Crippen MR) is 115 cm³/mol. The van der Waals surface area contributed by atoms with Gasteiger partial charge in [-0.05, 0) is 31.4 Å². The van der Waals surface area contributed by atoms with E-state index in [0.29, 0.717) is 12.8 Å². The normalized spacial score (nSPS) is 23.0. The Morgan fingerprint density at radius 2 is 2.00 bits per heavy atom. The second-order valence-corrected chi connectivity index (χ2v) is 9.18. The minimum Gasteiger partial charge on any atom is -0.393 e. The van der Waals surface area contributed by atoms with Crippen molar-refractivity contribution in [3.63, 3.8) is 0 Å². The number of rotatable bonds is 7. The summed E-state index contributed by atoms with van der Waals surface area (Å²) >= 11 is 0. The molecule has 0 aliphatic heterocycles. The lowest BCUT2D eigenvalue weighted by Crippen LogP contribution is -2.36. The molecule has 2 aromatic heterocycles. The first-order chi connectivity index (χ1) is 14.3. The fourth-order valence-electron chi connectivity index (χ4n) is 4.15. The minimum atomic E-state index is -3.78. The molecule has 0 radical (unpaired) electrons. The van der Waals surface area contributed by atoms with Gasteiger partial charge in [-0.1, -0.05) is 30.3 Å². The van der Waals surface area contributed by atoms with Crippen LogP contribution in [0.3, 0.4) is 0 Å². The smallest absolute Gasteiger partial charge is 0.274 e. The van der Waals surface area contributed by atoms with Crippen LogP contribution in [0.2, 0.25) is 0 Å². The number of aliphatic hydroxyl groups is 1. The lowest BCUT2D eigenvalue weighted by Gasteiger charge is -2.16. The van der Waals surface area contributed by atoms with Gasteiger partial charge < -0.3 is 15.0 Å². The summed E-state index contributed by atoms with van der Waals surface area (Å²) in [5, 5.41) is 19.8. The first-order valence-electron chi connectivity index (χ1n) is 9.90. The highest BCUT2D eigenvalue weighted by atomic mass is 32.2. The van der Waals surface area contributed by atoms with Gasteiger partial charge >= 0.3 is 0 Å². The SMILES string of the molecule is C[C@@H](Nc1ncnc2c1ccn2[C@@H]1C[C@@H](CNS(N)(=O)=O)[C@@H](O)C1)c1ccccc1. The zero-order chi connectivity index (χ0) is 21.3. The minimum absolute atomic E-state index is 0.0130. The van der Waals surface area contributed by atoms with E-state index in [-0.39, 0.29) is 24.5 Å². The average molecular weight is 431 g/mol. The summed E-state index contributed by atoms with van der Waals surface area (Å²) in [6.07, 6.45) is 4.02. The van der Waals surface area contributed by atoms with Crippen molar-refractivity contribution < 1.29 is 13.5 Å². The van der Waals surface area contributed by atoms with Crippen LogP contribution in [0.25, 0.3) is 11.0 Å². The molecule has 10 heteroatoms. The zero-order valence-corrected chi connectivity index (χ0v) is 17.5. The fraction of sp³-hybridized carbons (Fsp3) is 0.400. The van der Waals surface area contributed by atoms with Crippen molar-refractivity contribution >= 4 is 27.1 Å². The molecule has 30 heavy (non-hydrogen) atoms. The number of aromatic nitrogens is 3. The molecule has 1 fully saturated rings. The van der Waals surface area contributed by atoms with Crippen molar-refractivity contribution in [2.24, 2.45) is 11.1 Å². The Balaban J connectivity index is 1.53. The molecule has 0 saturated heterocycles. The van der Waals surface area contributed by atoms with Crippen molar-refractivity contribution in [2.45, 2.75) is 38.0 Å². The van der Waals surface area contributed by atoms with Gasteiger partial charge in [0.15, 0.2) is 0 Å². The Labute approximate surface area is 175 Å². The molecule has 0 bridgehead atoms. The highest BCUT2D eigenvalue weighted by Crippen LogP contribution is 2.37. The maximum absolute atomic E-state index is 11.2. The largest absolute Gasteiger partial charge is 0.393 e. The molecule has 5 N–H and O–H groups in total. The van der Waals surface area contributed by atoms with Gasteiger partial charge in [-0.25, -0.2) is 19.8 Å². The third kappa shape index (κ3) is 4.46. The number of nitrogens with zero attached hydrogens (tertiary/aromatic N) is 3. The third-order valence-corrected chi connectivity index (χ3v) is 6.30. The quantitative estimate of drug-likeness (QED) is 0.451. The molecule has 1 saturated carbocycles. The number of anilines is 1. The van der Waals surface area contributed by atoms with E-state index in [1.807, 2.05) is 35.0 Å². The number of fused-ring (bicyclic) bond motifs is 1. The highest BCUT2D eigenvalue weighted by molar-refractivity contribution is 7.87. The van der Waals surface area contributed by atoms with E-state index in [4.69, 9.17) is 5.14 Å². The van der Waals surface area contributed by atoms with E-state index >= 15 is 0 Å². The zero-order valence-electron chi connectivity index (χ0n) is 16.6. The van der Waals surface area contributed by atoms with Gasteiger partial charge in [0.05, 0.1) is 11.5 Å². The van der Waals surface area contributed by atoms with Crippen molar-refractivity contribution in [3.8, 4) is 0 Å². The van der Waals surface area contributed by atoms with Crippen molar-refractivity contribution in [1.29, 1.82) is 0 Å². The summed E-state index contributed by atoms with van der Waals surface area (Å²) in [5.41, 5.74) is 1.94. The topological polar surface area (TPSA) is 135 Å². The van der Waals surface area contributed by atoms with Gasteiger partial charge in [0.25, 0.3) is 10.2 Å². The molecule has 2 heterocycles. The fourth-order valence-corrected chi connectivity index (χ4v) is 4.60. The molecule has 4 atom stereocenters. The molecule has 1 aliphatic carbocycles. The lowest BCUT2D eigenvalue weighted by atomic mass is 10.1. The Bertz CT molecular complexity index is 1120. The number of aliphatic hydroxyl groups excluding tert-OH is 1. The highest BCUT2D eigenvalue weighted by Gasteiger charge is 2.35. The Hall–Kier alpha value is -2.53. The molecular formula is C20H26N6O3S. The summed E-state index contributed by atoms with van der Waals surface area (Å²) < 4.78 is 26.7. The van der Waals surface area contributed by atoms with Crippen LogP contribution < -0.4 is 15.2 Å². The molecule has 4 rings (SSSR count). The average Bonchev–Trinajstić information content (AvgIpc) is 3.30. The molecule has 9 nitrogen and oxygen atoms in total. The van der Waals surface area contributed by atoms with Crippen molar-refractivity contribution in [1.82, 2.24) is 19.3 Å². The number of benzene rings is 1. The van der Waals surface area contributed by atoms with Crippen LogP contribution in [-0.2, 0) is 10.2 Å². The van der Waals surface area contributed by atoms with Gasteiger partial charge in [0.1, 0.15) is 17.8 Å². The van der Waals surface area contributed by atoms with Gasteiger partial charge in [-0.2, -0.15) is 8.42 Å². The monoisotopic (exact) mass is 430 g/mol. The lowest BCUT2D eigenvalue weighted by molar-refractivity contribution is 0.133. The van der Waals surface area contributed by atoms with Crippen LogP contribution in [0, 0.1) is 5.92 Å². The summed E-state index contributed by atoms with van der Waals surface area (Å²) in [7, 11) is -3.78. The molecule has 3 aromatic rings. The summed E-state index contributed by atoms with van der Waals surface area (Å²) in [4.78, 5) is 8.88. The first-order valence-corrected chi connectivity index (χ1v) is 11.4. The second kappa shape index (κ2) is 8.31. The molecule has 160 valence electrons. The van der Waals surface area contributed by atoms with E-state index in [9.17, 15) is 13.5 Å². The number of nitrogens with two attached hydrogens (primary N) is 1. The summed E-state index contributed by atoms with van der Waals surface area (Å²) in [5.74, 6) is 0.546. The van der Waals surface area contributed by atoms with Crippen molar-refractivity contribution in [2.75, 3.05) is 11.9 Å². The van der Waals surface area contributed by atoms with E-state index in [0.717, 1.165) is 22.4 Å². The Kier molecular flexibility index (Phi) is 5.74. The second-order valence-electron chi connectivity index (χ2n) is 7.81. The van der Waals surface area contributed by atoms with Crippen LogP contribution in [0.4, 0.5) is 5.82 Å². The number of hydrogen-bond donors (Lipinski definition) is 4. The number of hydrogen-bond acceptors (Lipinski definition) is 6. The standard InChI is InChI=1S/C20H26N6O3S/c1-13(14-5-3-2-4-6-14)25-19-17-7-8-26(20(17)23-12-22-19)16-9-15(18(27)10-16)11-24-30(21,28)29/h2-8,12-13,15-16,18,24,27H,9-11H2,1H3,(H2,21,28,29)(H,22,23,25)/t13-,15+,16-,18+/m1/s1. The van der Waals surface area contributed by atoms with Gasteiger partial charge in [0.2, 0.25) is 0 Å². The van der Waals surface area contributed by atoms with E-state index in [2.05, 4.69) is 39.1 Å². The summed E-state index contributed by atoms with van der Waals surface area (Å²) in [6.45, 7) is 2.20. The number of nitrogens with one attached hydrogen (secondary N) is 2. The Morgan fingerprint density at radius 1 is 1.23 bits per heavy atom. The van der Waals surface area contributed by atoms with Crippen molar-refractivity contribution in [3.05, 3.63) is 54.5 Å². The first kappa shape index (κ1) is 20.7. The van der Waals surface area contributed by atoms with Gasteiger partial charge in [-0.15, -0.1) is 0 Å². The Morgan fingerprint density at radius 3 is 2.73 bits per heavy atom. The predicted octanol–water partition coefficient (Wildman–Crippen LogP) is 1.71. The van der Waals surface area contributed by atoms with E-state index < -0.39 is 16.3 Å². The van der Waals surface area contributed by atoms with Crippen LogP contribution >= 0.6 is 0 Å². The maximum atomic E-state index is 11.2. The maximum Gasteiger partial charge on any atom is 0.274 e. The molecule has 0 unspecified atom stereocenters. The summed E-state index contributed by atoms with van der Waals surface area (Å²) in [6, 6.07) is 12.2. The van der Waals surface area contributed by atoms with E-state index in [1.165, 1.54) is 6.33 Å². The van der Waals surface area contributed by atoms with Crippen LogP contribution in [0.15, 0.2) is 48.9 Å². The molecule has 0 spiro atoms. The van der Waals surface area contributed by atoms with Crippen LogP contribution in [0.5, 0.6) is 0 Å². The van der Waals surface area contributed by atoms with Crippen LogP contribution in [-0.4, -0.2) is 40.7 Å². The van der Waals surface area contributed by atoms with Gasteiger partial charge in [-0.3, -0.25) is 0 Å². The molecule has 1 aliphatic rings. The van der Waals surface area contributed by atoms with E-state index in [1.54, 1.807) is 0 Å². The van der Waals surface area contributed by atoms with Gasteiger partial charge in [0, 0.05) is 30.7 Å². The molecular weight excluding hydrogens is 404 g/mol. The third-order valence-electron chi connectivity index (χ3n) is 5.73. The molecule has 0 amide bonds. The molecule has 1 aromatic carbocycles.